The first kappa shape index (κ1) is 23.2. The molecule has 4 rings (SSSR count). The Hall–Kier alpha value is -2.97. The van der Waals surface area contributed by atoms with Crippen molar-refractivity contribution in [3.8, 4) is 5.75 Å². The Morgan fingerprint density at radius 2 is 1.70 bits per heavy atom. The van der Waals surface area contributed by atoms with E-state index in [2.05, 4.69) is 4.72 Å². The first-order valence-electron chi connectivity index (χ1n) is 11.0. The molecule has 0 amide bonds. The van der Waals surface area contributed by atoms with Gasteiger partial charge in [-0.2, -0.15) is 4.72 Å². The van der Waals surface area contributed by atoms with Gasteiger partial charge in [0.15, 0.2) is 0 Å². The molecule has 1 aliphatic rings. The molecule has 0 spiro atoms. The predicted octanol–water partition coefficient (Wildman–Crippen LogP) is 3.81. The monoisotopic (exact) mass is 469 g/mol. The summed E-state index contributed by atoms with van der Waals surface area (Å²) in [5.41, 5.74) is 3.21. The summed E-state index contributed by atoms with van der Waals surface area (Å²) in [6, 6.07) is 8.74. The van der Waals surface area contributed by atoms with Crippen LogP contribution in [0.3, 0.4) is 0 Å². The Morgan fingerprint density at radius 1 is 1.03 bits per heavy atom. The maximum Gasteiger partial charge on any atom is 0.339 e. The Bertz CT molecular complexity index is 1390. The Balaban J connectivity index is 1.63. The minimum absolute atomic E-state index is 0.0732. The van der Waals surface area contributed by atoms with E-state index in [9.17, 15) is 18.0 Å². The predicted molar refractivity (Wildman–Crippen MR) is 125 cm³/mol. The van der Waals surface area contributed by atoms with Gasteiger partial charge in [0.25, 0.3) is 0 Å². The highest BCUT2D eigenvalue weighted by Gasteiger charge is 2.31. The Kier molecular flexibility index (Phi) is 6.16. The molecule has 0 saturated carbocycles. The smallest absolute Gasteiger partial charge is 0.339 e. The van der Waals surface area contributed by atoms with Crippen LogP contribution >= 0.6 is 0 Å². The van der Waals surface area contributed by atoms with Crippen LogP contribution in [-0.4, -0.2) is 20.4 Å². The van der Waals surface area contributed by atoms with Crippen LogP contribution in [0.4, 0.5) is 0 Å². The van der Waals surface area contributed by atoms with Crippen molar-refractivity contribution in [2.45, 2.75) is 57.9 Å². The van der Waals surface area contributed by atoms with Crippen molar-refractivity contribution in [1.82, 2.24) is 4.72 Å². The molecule has 1 atom stereocenters. The molecule has 0 radical (unpaired) electrons. The van der Waals surface area contributed by atoms with Crippen LogP contribution in [0.5, 0.6) is 5.75 Å². The van der Waals surface area contributed by atoms with Crippen LogP contribution in [0, 0.1) is 19.8 Å². The maximum absolute atomic E-state index is 13.0. The van der Waals surface area contributed by atoms with E-state index in [1.165, 1.54) is 12.1 Å². The van der Waals surface area contributed by atoms with Gasteiger partial charge in [0.1, 0.15) is 17.4 Å². The topological polar surface area (TPSA) is 103 Å². The molecule has 0 unspecified atom stereocenters. The Morgan fingerprint density at radius 3 is 2.36 bits per heavy atom. The minimum Gasteiger partial charge on any atom is -0.425 e. The lowest BCUT2D eigenvalue weighted by Gasteiger charge is -2.21. The second kappa shape index (κ2) is 8.76. The van der Waals surface area contributed by atoms with Gasteiger partial charge < -0.3 is 9.15 Å². The van der Waals surface area contributed by atoms with Crippen molar-refractivity contribution >= 4 is 27.0 Å². The molecule has 1 aromatic heterocycles. The molecule has 0 saturated heterocycles. The highest BCUT2D eigenvalue weighted by molar-refractivity contribution is 7.89. The number of hydrogen-bond acceptors (Lipinski definition) is 6. The molecule has 2 aromatic carbocycles. The molecule has 3 aromatic rings. The van der Waals surface area contributed by atoms with Gasteiger partial charge in [0.05, 0.1) is 4.90 Å². The summed E-state index contributed by atoms with van der Waals surface area (Å²) in [5, 5.41) is 0.847. The molecule has 1 N–H and O–H groups in total. The van der Waals surface area contributed by atoms with Crippen molar-refractivity contribution in [3.05, 3.63) is 69.1 Å². The summed E-state index contributed by atoms with van der Waals surface area (Å²) in [7, 11) is -3.93. The molecule has 33 heavy (non-hydrogen) atoms. The molecule has 8 heteroatoms. The van der Waals surface area contributed by atoms with E-state index in [-0.39, 0.29) is 22.2 Å². The van der Waals surface area contributed by atoms with E-state index in [1.807, 2.05) is 6.92 Å². The van der Waals surface area contributed by atoms with Crippen LogP contribution in [0.2, 0.25) is 0 Å². The number of hydrogen-bond donors (Lipinski definition) is 1. The fraction of sp³-hybridized carbons (Fsp3) is 0.360. The normalized spacial score (nSPS) is 14.5. The van der Waals surface area contributed by atoms with Gasteiger partial charge in [-0.15, -0.1) is 0 Å². The number of aryl methyl sites for hydroxylation is 3. The largest absolute Gasteiger partial charge is 0.425 e. The highest BCUT2D eigenvalue weighted by Crippen LogP contribution is 2.33. The van der Waals surface area contributed by atoms with Crippen LogP contribution in [-0.2, 0) is 27.7 Å². The zero-order valence-corrected chi connectivity index (χ0v) is 19.9. The average Bonchev–Trinajstić information content (AvgIpc) is 3.25. The summed E-state index contributed by atoms with van der Waals surface area (Å²) >= 11 is 0. The summed E-state index contributed by atoms with van der Waals surface area (Å²) < 4.78 is 39.3. The van der Waals surface area contributed by atoms with E-state index in [1.54, 1.807) is 45.0 Å². The number of benzene rings is 2. The number of carbonyl (C=O) groups is 1. The van der Waals surface area contributed by atoms with E-state index in [4.69, 9.17) is 9.15 Å². The third kappa shape index (κ3) is 4.45. The summed E-state index contributed by atoms with van der Waals surface area (Å²) in [5.74, 6) is -0.861. The van der Waals surface area contributed by atoms with Crippen molar-refractivity contribution in [2.75, 3.05) is 0 Å². The quantitative estimate of drug-likeness (QED) is 0.335. The summed E-state index contributed by atoms with van der Waals surface area (Å²) in [6.07, 6.45) is 2.43. The van der Waals surface area contributed by atoms with E-state index in [0.717, 1.165) is 34.9 Å². The van der Waals surface area contributed by atoms with Crippen molar-refractivity contribution < 1.29 is 22.4 Å². The third-order valence-corrected chi connectivity index (χ3v) is 7.54. The highest BCUT2D eigenvalue weighted by atomic mass is 32.2. The van der Waals surface area contributed by atoms with Gasteiger partial charge in [-0.3, -0.25) is 0 Å². The first-order valence-corrected chi connectivity index (χ1v) is 12.5. The van der Waals surface area contributed by atoms with Gasteiger partial charge in [-0.25, -0.2) is 18.0 Å². The number of rotatable bonds is 6. The second-order valence-corrected chi connectivity index (χ2v) is 10.6. The van der Waals surface area contributed by atoms with Crippen molar-refractivity contribution in [1.29, 1.82) is 0 Å². The minimum atomic E-state index is -3.93. The molecule has 174 valence electrons. The molecule has 1 aliphatic carbocycles. The number of sulfonamides is 1. The number of fused-ring (bicyclic) bond motifs is 3. The number of ether oxygens (including phenoxy) is 1. The van der Waals surface area contributed by atoms with Gasteiger partial charge in [-0.1, -0.05) is 31.5 Å². The van der Waals surface area contributed by atoms with Gasteiger partial charge in [-0.05, 0) is 68.9 Å². The molecule has 0 aliphatic heterocycles. The number of nitrogens with one attached hydrogen (secondary N) is 1. The standard InChI is InChI=1S/C25H27NO6S/c1-14(2)22(26-33(29,30)17-10-8-15(3)9-11-17)25(28)31-21-13-12-19-18-6-5-7-20(18)24(27)32-23(19)16(21)4/h8-14,22,26H,5-7H2,1-4H3/t22-/m1/s1. The van der Waals surface area contributed by atoms with E-state index < -0.39 is 22.0 Å². The van der Waals surface area contributed by atoms with Crippen LogP contribution in [0.15, 0.2) is 50.5 Å². The number of esters is 1. The fourth-order valence-electron chi connectivity index (χ4n) is 4.15. The maximum atomic E-state index is 13.0. The number of carbonyl (C=O) groups excluding carboxylic acids is 1. The van der Waals surface area contributed by atoms with Gasteiger partial charge in [0, 0.05) is 16.5 Å². The molecule has 7 nitrogen and oxygen atoms in total. The Labute approximate surface area is 192 Å². The molecule has 1 heterocycles. The van der Waals surface area contributed by atoms with Crippen LogP contribution < -0.4 is 15.1 Å². The zero-order valence-electron chi connectivity index (χ0n) is 19.1. The lowest BCUT2D eigenvalue weighted by atomic mass is 10.0. The van der Waals surface area contributed by atoms with Crippen molar-refractivity contribution in [3.63, 3.8) is 0 Å². The zero-order chi connectivity index (χ0) is 23.9. The fourth-order valence-corrected chi connectivity index (χ4v) is 5.49. The second-order valence-electron chi connectivity index (χ2n) is 8.84. The molecule has 0 fully saturated rings. The molecule has 0 bridgehead atoms. The van der Waals surface area contributed by atoms with E-state index >= 15 is 0 Å². The average molecular weight is 470 g/mol. The summed E-state index contributed by atoms with van der Waals surface area (Å²) in [6.45, 7) is 7.05. The van der Waals surface area contributed by atoms with Gasteiger partial charge >= 0.3 is 11.6 Å². The van der Waals surface area contributed by atoms with Crippen molar-refractivity contribution in [2.24, 2.45) is 5.92 Å². The molecular formula is C25H27NO6S. The van der Waals surface area contributed by atoms with Gasteiger partial charge in [0.2, 0.25) is 10.0 Å². The van der Waals surface area contributed by atoms with Crippen LogP contribution in [0.25, 0.3) is 11.0 Å². The van der Waals surface area contributed by atoms with E-state index in [0.29, 0.717) is 17.6 Å². The first-order chi connectivity index (χ1) is 15.6. The third-order valence-electron chi connectivity index (χ3n) is 6.08. The lowest BCUT2D eigenvalue weighted by Crippen LogP contribution is -2.46. The van der Waals surface area contributed by atoms with Crippen LogP contribution in [0.1, 0.15) is 42.5 Å². The SMILES string of the molecule is Cc1ccc(S(=O)(=O)N[C@@H](C(=O)Oc2ccc3c4c(c(=O)oc3c2C)CCC4)C(C)C)cc1. The lowest BCUT2D eigenvalue weighted by molar-refractivity contribution is -0.137. The molecular weight excluding hydrogens is 442 g/mol. The summed E-state index contributed by atoms with van der Waals surface area (Å²) in [4.78, 5) is 25.5.